The van der Waals surface area contributed by atoms with Crippen molar-refractivity contribution >= 4 is 57.9 Å². The van der Waals surface area contributed by atoms with Gasteiger partial charge in [0.05, 0.1) is 21.3 Å². The van der Waals surface area contributed by atoms with Crippen molar-refractivity contribution < 1.29 is 9.59 Å². The van der Waals surface area contributed by atoms with E-state index >= 15 is 0 Å². The van der Waals surface area contributed by atoms with Gasteiger partial charge in [0, 0.05) is 26.0 Å². The van der Waals surface area contributed by atoms with Crippen molar-refractivity contribution in [1.82, 2.24) is 9.97 Å². The normalized spacial score (nSPS) is 18.7. The smallest absolute Gasteiger partial charge is 0.281 e. The van der Waals surface area contributed by atoms with Crippen molar-refractivity contribution in [3.05, 3.63) is 45.8 Å². The summed E-state index contributed by atoms with van der Waals surface area (Å²) in [6.45, 7) is 2.25. The molecule has 2 aromatic rings. The molecule has 0 saturated carbocycles. The molecule has 2 aliphatic heterocycles. The van der Waals surface area contributed by atoms with Crippen molar-refractivity contribution in [2.45, 2.75) is 6.92 Å². The van der Waals surface area contributed by atoms with Crippen LogP contribution in [0.25, 0.3) is 0 Å². The molecule has 0 aromatic carbocycles. The number of halogens is 2. The van der Waals surface area contributed by atoms with Crippen LogP contribution >= 0.6 is 23.2 Å². The SMILES string of the molecule is CCN1C(=O)/C(=N\N=C2\C(=O)N(C)c3ncc(Cl)cc32)c2ncc(Cl)cc21. The second-order valence-corrected chi connectivity index (χ2v) is 6.73. The second-order valence-electron chi connectivity index (χ2n) is 5.86. The van der Waals surface area contributed by atoms with E-state index in [4.69, 9.17) is 23.2 Å². The zero-order valence-corrected chi connectivity index (χ0v) is 15.8. The summed E-state index contributed by atoms with van der Waals surface area (Å²) in [4.78, 5) is 36.4. The molecule has 0 saturated heterocycles. The van der Waals surface area contributed by atoms with Crippen molar-refractivity contribution in [3.8, 4) is 0 Å². The van der Waals surface area contributed by atoms with E-state index in [1.807, 2.05) is 6.92 Å². The van der Waals surface area contributed by atoms with E-state index in [2.05, 4.69) is 20.2 Å². The largest absolute Gasteiger partial charge is 0.305 e. The molecule has 8 nitrogen and oxygen atoms in total. The van der Waals surface area contributed by atoms with E-state index in [1.165, 1.54) is 22.2 Å². The molecular formula is C17H12Cl2N6O2. The maximum atomic E-state index is 12.7. The van der Waals surface area contributed by atoms with Gasteiger partial charge >= 0.3 is 0 Å². The lowest BCUT2D eigenvalue weighted by Crippen LogP contribution is -2.29. The van der Waals surface area contributed by atoms with Crippen LogP contribution in [-0.2, 0) is 9.59 Å². The predicted molar refractivity (Wildman–Crippen MR) is 103 cm³/mol. The van der Waals surface area contributed by atoms with E-state index in [0.29, 0.717) is 39.4 Å². The molecule has 0 N–H and O–H groups in total. The average Bonchev–Trinajstić information content (AvgIpc) is 3.03. The van der Waals surface area contributed by atoms with Gasteiger partial charge in [-0.3, -0.25) is 19.5 Å². The van der Waals surface area contributed by atoms with E-state index in [9.17, 15) is 9.59 Å². The Hall–Kier alpha value is -2.84. The van der Waals surface area contributed by atoms with E-state index in [0.717, 1.165) is 0 Å². The fourth-order valence-electron chi connectivity index (χ4n) is 3.00. The number of fused-ring (bicyclic) bond motifs is 2. The van der Waals surface area contributed by atoms with Crippen molar-refractivity contribution in [1.29, 1.82) is 0 Å². The first-order chi connectivity index (χ1) is 12.9. The maximum absolute atomic E-state index is 12.7. The number of hydrogen-bond donors (Lipinski definition) is 0. The topological polar surface area (TPSA) is 91.1 Å². The van der Waals surface area contributed by atoms with Crippen LogP contribution in [0.5, 0.6) is 0 Å². The number of nitrogens with zero attached hydrogens (tertiary/aromatic N) is 6. The number of amides is 2. The van der Waals surface area contributed by atoms with Crippen LogP contribution in [0.3, 0.4) is 0 Å². The first kappa shape index (κ1) is 17.6. The van der Waals surface area contributed by atoms with Crippen LogP contribution in [-0.4, -0.2) is 46.8 Å². The third-order valence-electron chi connectivity index (χ3n) is 4.28. The van der Waals surface area contributed by atoms with E-state index < -0.39 is 0 Å². The first-order valence-electron chi connectivity index (χ1n) is 7.99. The molecule has 0 radical (unpaired) electrons. The Bertz CT molecular complexity index is 1070. The predicted octanol–water partition coefficient (Wildman–Crippen LogP) is 2.32. The third kappa shape index (κ3) is 2.68. The third-order valence-corrected chi connectivity index (χ3v) is 4.69. The van der Waals surface area contributed by atoms with Crippen LogP contribution in [0.15, 0.2) is 34.7 Å². The lowest BCUT2D eigenvalue weighted by Gasteiger charge is -2.12. The highest BCUT2D eigenvalue weighted by molar-refractivity contribution is 6.56. The highest BCUT2D eigenvalue weighted by Gasteiger charge is 2.36. The van der Waals surface area contributed by atoms with Gasteiger partial charge in [-0.2, -0.15) is 0 Å². The van der Waals surface area contributed by atoms with Gasteiger partial charge in [0.1, 0.15) is 11.5 Å². The zero-order valence-electron chi connectivity index (χ0n) is 14.3. The molecule has 0 unspecified atom stereocenters. The number of pyridine rings is 2. The monoisotopic (exact) mass is 402 g/mol. The molecule has 2 amide bonds. The number of carbonyl (C=O) groups is 2. The van der Waals surface area contributed by atoms with Gasteiger partial charge in [-0.15, -0.1) is 10.2 Å². The minimum absolute atomic E-state index is 0.0508. The Balaban J connectivity index is 1.83. The molecule has 4 rings (SSSR count). The Morgan fingerprint density at radius 3 is 2.41 bits per heavy atom. The number of hydrogen-bond acceptors (Lipinski definition) is 6. The van der Waals surface area contributed by atoms with Gasteiger partial charge in [0.25, 0.3) is 11.8 Å². The highest BCUT2D eigenvalue weighted by atomic mass is 35.5. The average molecular weight is 403 g/mol. The van der Waals surface area contributed by atoms with Gasteiger partial charge in [-0.1, -0.05) is 23.2 Å². The van der Waals surface area contributed by atoms with Crippen LogP contribution in [0.1, 0.15) is 18.2 Å². The quantitative estimate of drug-likeness (QED) is 0.720. The standard InChI is InChI=1S/C17H12Cl2N6O2/c1-3-25-11-5-9(19)6-20-13(11)14(17(25)27)23-22-12-10-4-8(18)7-21-15(10)24(2)16(12)26/h4-7H,3H2,1-2H3/b22-12+,23-14-. The van der Waals surface area contributed by atoms with Gasteiger partial charge in [0.2, 0.25) is 0 Å². The maximum Gasteiger partial charge on any atom is 0.281 e. The summed E-state index contributed by atoms with van der Waals surface area (Å²) in [7, 11) is 1.58. The van der Waals surface area contributed by atoms with Crippen molar-refractivity contribution in [2.24, 2.45) is 10.2 Å². The lowest BCUT2D eigenvalue weighted by molar-refractivity contribution is -0.113. The molecule has 10 heteroatoms. The minimum atomic E-state index is -0.383. The summed E-state index contributed by atoms with van der Waals surface area (Å²) < 4.78 is 0. The molecule has 27 heavy (non-hydrogen) atoms. The fraction of sp³-hybridized carbons (Fsp3) is 0.176. The number of aromatic nitrogens is 2. The lowest BCUT2D eigenvalue weighted by atomic mass is 10.2. The summed E-state index contributed by atoms with van der Waals surface area (Å²) in [5.41, 5.74) is 1.51. The summed E-state index contributed by atoms with van der Waals surface area (Å²) in [5.74, 6) is -0.303. The Morgan fingerprint density at radius 2 is 1.67 bits per heavy atom. The number of anilines is 2. The van der Waals surface area contributed by atoms with Crippen LogP contribution in [0, 0.1) is 0 Å². The molecule has 0 bridgehead atoms. The van der Waals surface area contributed by atoms with Gasteiger partial charge in [-0.25, -0.2) is 4.98 Å². The molecular weight excluding hydrogens is 391 g/mol. The Morgan fingerprint density at radius 1 is 1.00 bits per heavy atom. The highest BCUT2D eigenvalue weighted by Crippen LogP contribution is 2.31. The number of carbonyl (C=O) groups excluding carboxylic acids is 2. The van der Waals surface area contributed by atoms with Crippen LogP contribution in [0.4, 0.5) is 11.5 Å². The van der Waals surface area contributed by atoms with E-state index in [1.54, 1.807) is 19.2 Å². The van der Waals surface area contributed by atoms with Crippen LogP contribution in [0.2, 0.25) is 10.0 Å². The summed E-state index contributed by atoms with van der Waals surface area (Å²) in [5, 5.41) is 8.89. The molecule has 4 heterocycles. The van der Waals surface area contributed by atoms with Crippen LogP contribution < -0.4 is 9.80 Å². The molecule has 136 valence electrons. The first-order valence-corrected chi connectivity index (χ1v) is 8.75. The Labute approximate surface area is 164 Å². The summed E-state index contributed by atoms with van der Waals surface area (Å²) >= 11 is 12.0. The Kier molecular flexibility index (Phi) is 4.16. The van der Waals surface area contributed by atoms with Crippen molar-refractivity contribution in [2.75, 3.05) is 23.4 Å². The van der Waals surface area contributed by atoms with Gasteiger partial charge in [0.15, 0.2) is 11.4 Å². The summed E-state index contributed by atoms with van der Waals surface area (Å²) in [6.07, 6.45) is 2.88. The fourth-order valence-corrected chi connectivity index (χ4v) is 3.31. The van der Waals surface area contributed by atoms with E-state index in [-0.39, 0.29) is 23.2 Å². The molecule has 2 aliphatic rings. The molecule has 0 spiro atoms. The number of likely N-dealkylation sites (N-methyl/N-ethyl adjacent to an activating group) is 2. The molecule has 0 aliphatic carbocycles. The van der Waals surface area contributed by atoms with Gasteiger partial charge < -0.3 is 4.90 Å². The molecule has 0 atom stereocenters. The number of rotatable bonds is 2. The zero-order chi connectivity index (χ0) is 19.3. The second kappa shape index (κ2) is 6.40. The summed E-state index contributed by atoms with van der Waals surface area (Å²) in [6, 6.07) is 3.24. The molecule has 0 fully saturated rings. The minimum Gasteiger partial charge on any atom is -0.305 e. The van der Waals surface area contributed by atoms with Crippen molar-refractivity contribution in [3.63, 3.8) is 0 Å². The molecule has 2 aromatic heterocycles. The van der Waals surface area contributed by atoms with Gasteiger partial charge in [-0.05, 0) is 19.1 Å².